The van der Waals surface area contributed by atoms with Crippen molar-refractivity contribution in [1.82, 2.24) is 0 Å². The van der Waals surface area contributed by atoms with Crippen LogP contribution in [0.5, 0.6) is 0 Å². The number of hydrogen-bond acceptors (Lipinski definition) is 0. The normalized spacial score (nSPS) is 6.42. The van der Waals surface area contributed by atoms with E-state index in [1.807, 2.05) is 50.3 Å². The molecule has 0 saturated carbocycles. The second-order valence-corrected chi connectivity index (χ2v) is 3.54. The predicted molar refractivity (Wildman–Crippen MR) is 92.2 cm³/mol. The van der Waals surface area contributed by atoms with E-state index in [0.717, 1.165) is 0 Å². The zero-order chi connectivity index (χ0) is 15.5. The molecular weight excluding hydrogens is 228 g/mol. The van der Waals surface area contributed by atoms with Gasteiger partial charge in [0.2, 0.25) is 0 Å². The summed E-state index contributed by atoms with van der Waals surface area (Å²) in [6.07, 6.45) is 5.11. The SMILES string of the molecule is C=C(C)C.C=C=C.C=CC=C.C=Cc1ccccc1. The summed E-state index contributed by atoms with van der Waals surface area (Å²) in [4.78, 5) is 0. The molecule has 0 aliphatic carbocycles. The van der Waals surface area contributed by atoms with Crippen LogP contribution in [0.25, 0.3) is 6.08 Å². The second kappa shape index (κ2) is 21.0. The quantitative estimate of drug-likeness (QED) is 0.333. The van der Waals surface area contributed by atoms with E-state index in [-0.39, 0.29) is 0 Å². The smallest absolute Gasteiger partial charge is 0.0263 e. The van der Waals surface area contributed by atoms with Crippen LogP contribution in [0.15, 0.2) is 93.3 Å². The van der Waals surface area contributed by atoms with Gasteiger partial charge >= 0.3 is 0 Å². The van der Waals surface area contributed by atoms with E-state index < -0.39 is 0 Å². The van der Waals surface area contributed by atoms with Crippen molar-refractivity contribution in [2.75, 3.05) is 0 Å². The van der Waals surface area contributed by atoms with Gasteiger partial charge in [-0.1, -0.05) is 87.0 Å². The lowest BCUT2D eigenvalue weighted by molar-refractivity contribution is 1.42. The van der Waals surface area contributed by atoms with E-state index in [2.05, 4.69) is 45.2 Å². The summed E-state index contributed by atoms with van der Waals surface area (Å²) in [6.45, 7) is 24.1. The van der Waals surface area contributed by atoms with Gasteiger partial charge in [-0.15, -0.1) is 12.3 Å². The average molecular weight is 254 g/mol. The third-order valence-corrected chi connectivity index (χ3v) is 1.20. The van der Waals surface area contributed by atoms with Gasteiger partial charge in [0.05, 0.1) is 0 Å². The Balaban J connectivity index is -0.000000200. The molecule has 102 valence electrons. The Bertz CT molecular complexity index is 364. The van der Waals surface area contributed by atoms with Crippen molar-refractivity contribution in [3.8, 4) is 0 Å². The zero-order valence-electron chi connectivity index (χ0n) is 12.4. The molecular formula is C19H26. The highest BCUT2D eigenvalue weighted by atomic mass is 13.8. The van der Waals surface area contributed by atoms with E-state index >= 15 is 0 Å². The highest BCUT2D eigenvalue weighted by Crippen LogP contribution is 1.97. The van der Waals surface area contributed by atoms with Gasteiger partial charge in [-0.2, -0.15) is 0 Å². The zero-order valence-corrected chi connectivity index (χ0v) is 12.4. The fourth-order valence-corrected chi connectivity index (χ4v) is 0.589. The molecule has 0 N–H and O–H groups in total. The van der Waals surface area contributed by atoms with Gasteiger partial charge in [0.25, 0.3) is 0 Å². The van der Waals surface area contributed by atoms with Crippen LogP contribution in [0.4, 0.5) is 0 Å². The van der Waals surface area contributed by atoms with Crippen molar-refractivity contribution in [2.24, 2.45) is 0 Å². The first kappa shape index (κ1) is 21.9. The van der Waals surface area contributed by atoms with Crippen LogP contribution in [0.3, 0.4) is 0 Å². The summed E-state index contributed by atoms with van der Waals surface area (Å²) in [5.41, 5.74) is 4.59. The van der Waals surface area contributed by atoms with Crippen LogP contribution in [0, 0.1) is 0 Å². The summed E-state index contributed by atoms with van der Waals surface area (Å²) in [6, 6.07) is 10.0. The van der Waals surface area contributed by atoms with E-state index in [1.165, 1.54) is 11.1 Å². The minimum Gasteiger partial charge on any atom is -0.137 e. The summed E-state index contributed by atoms with van der Waals surface area (Å²) >= 11 is 0. The lowest BCUT2D eigenvalue weighted by Crippen LogP contribution is -1.63. The Morgan fingerprint density at radius 3 is 1.42 bits per heavy atom. The van der Waals surface area contributed by atoms with E-state index in [1.54, 1.807) is 12.2 Å². The molecule has 19 heavy (non-hydrogen) atoms. The van der Waals surface area contributed by atoms with Gasteiger partial charge in [0, 0.05) is 0 Å². The molecule has 0 heteroatoms. The van der Waals surface area contributed by atoms with Crippen LogP contribution in [-0.4, -0.2) is 0 Å². The van der Waals surface area contributed by atoms with Gasteiger partial charge < -0.3 is 0 Å². The van der Waals surface area contributed by atoms with Crippen molar-refractivity contribution in [1.29, 1.82) is 0 Å². The van der Waals surface area contributed by atoms with Crippen molar-refractivity contribution in [2.45, 2.75) is 13.8 Å². The molecule has 0 spiro atoms. The first-order chi connectivity index (χ1) is 8.99. The predicted octanol–water partition coefficient (Wildman–Crippen LogP) is 6.23. The van der Waals surface area contributed by atoms with Crippen molar-refractivity contribution >= 4 is 6.08 Å². The third kappa shape index (κ3) is 38.9. The molecule has 0 aromatic heterocycles. The van der Waals surface area contributed by atoms with Crippen LogP contribution < -0.4 is 0 Å². The fraction of sp³-hybridized carbons (Fsp3) is 0.105. The Labute approximate surface area is 119 Å². The Morgan fingerprint density at radius 2 is 1.26 bits per heavy atom. The highest BCUT2D eigenvalue weighted by Gasteiger charge is 1.75. The average Bonchev–Trinajstić information content (AvgIpc) is 2.40. The Hall–Kier alpha value is -2.30. The molecule has 0 bridgehead atoms. The van der Waals surface area contributed by atoms with Gasteiger partial charge in [0.15, 0.2) is 0 Å². The van der Waals surface area contributed by atoms with E-state index in [9.17, 15) is 0 Å². The third-order valence-electron chi connectivity index (χ3n) is 1.20. The van der Waals surface area contributed by atoms with Crippen molar-refractivity contribution in [3.63, 3.8) is 0 Å². The molecule has 0 saturated heterocycles. The van der Waals surface area contributed by atoms with Gasteiger partial charge in [-0.25, -0.2) is 0 Å². The maximum absolute atomic E-state index is 3.63. The topological polar surface area (TPSA) is 0 Å². The van der Waals surface area contributed by atoms with Gasteiger partial charge in [0.1, 0.15) is 0 Å². The van der Waals surface area contributed by atoms with Gasteiger partial charge in [-0.3, -0.25) is 0 Å². The summed E-state index contributed by atoms with van der Waals surface area (Å²) in [7, 11) is 0. The van der Waals surface area contributed by atoms with Crippen LogP contribution in [0.1, 0.15) is 19.4 Å². The lowest BCUT2D eigenvalue weighted by Gasteiger charge is -1.85. The van der Waals surface area contributed by atoms with Crippen LogP contribution in [-0.2, 0) is 0 Å². The second-order valence-electron chi connectivity index (χ2n) is 3.54. The molecule has 0 aliphatic rings. The standard InChI is InChI=1S/C8H8.C4H8.C4H6.C3H4/c1-2-8-6-4-3-5-7-8;1-4(2)3;1-3-4-2;1-3-2/h2-7H,1H2;1H2,2-3H3;3-4H,1-2H2;1-2H2. The van der Waals surface area contributed by atoms with Crippen LogP contribution in [0.2, 0.25) is 0 Å². The van der Waals surface area contributed by atoms with Crippen molar-refractivity contribution < 1.29 is 0 Å². The molecule has 1 aromatic rings. The Morgan fingerprint density at radius 1 is 0.947 bits per heavy atom. The maximum atomic E-state index is 3.63. The first-order valence-electron chi connectivity index (χ1n) is 5.82. The molecule has 0 heterocycles. The molecule has 0 aliphatic heterocycles. The fourth-order valence-electron chi connectivity index (χ4n) is 0.589. The first-order valence-corrected chi connectivity index (χ1v) is 5.82. The largest absolute Gasteiger partial charge is 0.137 e. The van der Waals surface area contributed by atoms with E-state index in [4.69, 9.17) is 0 Å². The lowest BCUT2D eigenvalue weighted by atomic mass is 10.2. The molecule has 0 atom stereocenters. The molecule has 0 radical (unpaired) electrons. The number of rotatable bonds is 2. The number of benzene rings is 1. The molecule has 0 fully saturated rings. The molecule has 1 rings (SSSR count). The van der Waals surface area contributed by atoms with Crippen molar-refractivity contribution in [3.05, 3.63) is 98.8 Å². The Kier molecular flexibility index (Phi) is 24.3. The molecule has 1 aromatic carbocycles. The monoisotopic (exact) mass is 254 g/mol. The molecule has 0 unspecified atom stereocenters. The highest BCUT2D eigenvalue weighted by molar-refractivity contribution is 5.45. The summed E-state index contributed by atoms with van der Waals surface area (Å²) < 4.78 is 0. The molecule has 0 nitrogen and oxygen atoms in total. The summed E-state index contributed by atoms with van der Waals surface area (Å²) in [5.74, 6) is 0. The van der Waals surface area contributed by atoms with Crippen LogP contribution >= 0.6 is 0 Å². The van der Waals surface area contributed by atoms with Gasteiger partial charge in [-0.05, 0) is 19.4 Å². The summed E-state index contributed by atoms with van der Waals surface area (Å²) in [5, 5.41) is 0. The number of allylic oxidation sites excluding steroid dienone is 3. The number of hydrogen-bond donors (Lipinski definition) is 0. The minimum absolute atomic E-state index is 1.17. The maximum Gasteiger partial charge on any atom is -0.0263 e. The minimum atomic E-state index is 1.17. The molecule has 0 amide bonds. The van der Waals surface area contributed by atoms with E-state index in [0.29, 0.717) is 0 Å².